The number of carbonyl (C=O) groups is 1. The van der Waals surface area contributed by atoms with Crippen LogP contribution in [0.5, 0.6) is 0 Å². The molecule has 2 aliphatic rings. The minimum atomic E-state index is -0.573. The van der Waals surface area contributed by atoms with Gasteiger partial charge in [0.1, 0.15) is 0 Å². The van der Waals surface area contributed by atoms with Crippen molar-refractivity contribution in [2.24, 2.45) is 23.7 Å². The van der Waals surface area contributed by atoms with Crippen LogP contribution in [0.3, 0.4) is 0 Å². The largest absolute Gasteiger partial charge is 0.481 e. The average Bonchev–Trinajstić information content (AvgIpc) is 2.46. The van der Waals surface area contributed by atoms with Gasteiger partial charge < -0.3 is 5.11 Å². The zero-order valence-corrected chi connectivity index (χ0v) is 12.4. The summed E-state index contributed by atoms with van der Waals surface area (Å²) in [6.45, 7) is 2.33. The highest BCUT2D eigenvalue weighted by Gasteiger charge is 2.27. The molecule has 0 spiro atoms. The Morgan fingerprint density at radius 2 is 1.26 bits per heavy atom. The van der Waals surface area contributed by atoms with Crippen LogP contribution >= 0.6 is 0 Å². The lowest BCUT2D eigenvalue weighted by atomic mass is 9.75. The van der Waals surface area contributed by atoms with Crippen LogP contribution in [0.1, 0.15) is 77.6 Å². The highest BCUT2D eigenvalue weighted by atomic mass is 16.4. The Morgan fingerprint density at radius 3 is 1.68 bits per heavy atom. The molecule has 0 atom stereocenters. The SMILES string of the molecule is CC[C@H]1CC[C@H](CC[C@H]2CC[C@H](C(=O)O)CC2)CC1. The van der Waals surface area contributed by atoms with Crippen LogP contribution in [0.25, 0.3) is 0 Å². The fourth-order valence-electron chi connectivity index (χ4n) is 4.10. The molecule has 0 aromatic carbocycles. The monoisotopic (exact) mass is 266 g/mol. The number of hydrogen-bond donors (Lipinski definition) is 1. The molecule has 110 valence electrons. The van der Waals surface area contributed by atoms with Gasteiger partial charge in [-0.15, -0.1) is 0 Å². The predicted molar refractivity (Wildman–Crippen MR) is 78.1 cm³/mol. The summed E-state index contributed by atoms with van der Waals surface area (Å²) >= 11 is 0. The van der Waals surface area contributed by atoms with Gasteiger partial charge in [0.05, 0.1) is 5.92 Å². The maximum Gasteiger partial charge on any atom is 0.306 e. The van der Waals surface area contributed by atoms with Gasteiger partial charge in [0, 0.05) is 0 Å². The summed E-state index contributed by atoms with van der Waals surface area (Å²) < 4.78 is 0. The van der Waals surface area contributed by atoms with E-state index in [9.17, 15) is 4.79 Å². The smallest absolute Gasteiger partial charge is 0.306 e. The third-order valence-electron chi connectivity index (χ3n) is 5.72. The Labute approximate surface area is 118 Å². The summed E-state index contributed by atoms with van der Waals surface area (Å²) in [5.41, 5.74) is 0. The second-order valence-corrected chi connectivity index (χ2v) is 6.93. The van der Waals surface area contributed by atoms with Crippen molar-refractivity contribution in [1.29, 1.82) is 0 Å². The van der Waals surface area contributed by atoms with Crippen molar-refractivity contribution in [2.75, 3.05) is 0 Å². The third kappa shape index (κ3) is 4.50. The molecule has 2 heteroatoms. The molecule has 0 aromatic heterocycles. The van der Waals surface area contributed by atoms with Crippen molar-refractivity contribution in [2.45, 2.75) is 77.6 Å². The highest BCUT2D eigenvalue weighted by Crippen LogP contribution is 2.37. The first-order valence-corrected chi connectivity index (χ1v) is 8.41. The van der Waals surface area contributed by atoms with E-state index in [4.69, 9.17) is 5.11 Å². The van der Waals surface area contributed by atoms with Gasteiger partial charge in [-0.05, 0) is 43.4 Å². The molecule has 19 heavy (non-hydrogen) atoms. The standard InChI is InChI=1S/C17H30O2/c1-2-13-3-5-14(6-4-13)7-8-15-9-11-16(12-10-15)17(18)19/h13-16H,2-12H2,1H3,(H,18,19)/t13-,14-,15-,16-. The number of aliphatic carboxylic acids is 1. The van der Waals surface area contributed by atoms with Crippen LogP contribution in [0.4, 0.5) is 0 Å². The maximum atomic E-state index is 10.9. The molecule has 0 heterocycles. The molecular weight excluding hydrogens is 236 g/mol. The maximum absolute atomic E-state index is 10.9. The first kappa shape index (κ1) is 14.9. The molecule has 0 bridgehead atoms. The first-order valence-electron chi connectivity index (χ1n) is 8.41. The van der Waals surface area contributed by atoms with Gasteiger partial charge in [-0.25, -0.2) is 0 Å². The zero-order valence-electron chi connectivity index (χ0n) is 12.4. The van der Waals surface area contributed by atoms with E-state index in [1.165, 1.54) is 44.9 Å². The lowest BCUT2D eigenvalue weighted by molar-refractivity contribution is -0.143. The molecule has 2 nitrogen and oxygen atoms in total. The van der Waals surface area contributed by atoms with E-state index < -0.39 is 5.97 Å². The lowest BCUT2D eigenvalue weighted by Crippen LogP contribution is -2.22. The van der Waals surface area contributed by atoms with Gasteiger partial charge in [0.15, 0.2) is 0 Å². The van der Waals surface area contributed by atoms with Gasteiger partial charge in [-0.3, -0.25) is 4.79 Å². The number of carboxylic acids is 1. The number of carboxylic acid groups (broad SMARTS) is 1. The van der Waals surface area contributed by atoms with Crippen LogP contribution < -0.4 is 0 Å². The minimum absolute atomic E-state index is 0.0451. The summed E-state index contributed by atoms with van der Waals surface area (Å²) in [6.07, 6.45) is 14.1. The summed E-state index contributed by atoms with van der Waals surface area (Å²) in [6, 6.07) is 0. The Balaban J connectivity index is 1.61. The van der Waals surface area contributed by atoms with Gasteiger partial charge in [0.25, 0.3) is 0 Å². The fourth-order valence-corrected chi connectivity index (χ4v) is 4.10. The van der Waals surface area contributed by atoms with Crippen LogP contribution in [-0.4, -0.2) is 11.1 Å². The van der Waals surface area contributed by atoms with Crippen molar-refractivity contribution in [3.8, 4) is 0 Å². The topological polar surface area (TPSA) is 37.3 Å². The van der Waals surface area contributed by atoms with Crippen LogP contribution in [0.2, 0.25) is 0 Å². The fraction of sp³-hybridized carbons (Fsp3) is 0.941. The molecule has 0 amide bonds. The van der Waals surface area contributed by atoms with E-state index in [0.717, 1.165) is 43.4 Å². The van der Waals surface area contributed by atoms with E-state index in [0.29, 0.717) is 0 Å². The Morgan fingerprint density at radius 1 is 0.842 bits per heavy atom. The Hall–Kier alpha value is -0.530. The van der Waals surface area contributed by atoms with E-state index in [2.05, 4.69) is 6.92 Å². The summed E-state index contributed by atoms with van der Waals surface area (Å²) in [4.78, 5) is 10.9. The van der Waals surface area contributed by atoms with E-state index >= 15 is 0 Å². The Bertz CT molecular complexity index is 271. The Kier molecular flexibility index (Phi) is 5.72. The number of hydrogen-bond acceptors (Lipinski definition) is 1. The molecule has 1 N–H and O–H groups in total. The van der Waals surface area contributed by atoms with E-state index in [-0.39, 0.29) is 5.92 Å². The van der Waals surface area contributed by atoms with Gasteiger partial charge in [-0.1, -0.05) is 51.9 Å². The van der Waals surface area contributed by atoms with Gasteiger partial charge in [0.2, 0.25) is 0 Å². The number of rotatable bonds is 5. The molecule has 2 saturated carbocycles. The first-order chi connectivity index (χ1) is 9.19. The van der Waals surface area contributed by atoms with Crippen molar-refractivity contribution >= 4 is 5.97 Å². The van der Waals surface area contributed by atoms with E-state index in [1.54, 1.807) is 0 Å². The van der Waals surface area contributed by atoms with E-state index in [1.807, 2.05) is 0 Å². The summed E-state index contributed by atoms with van der Waals surface area (Å²) in [7, 11) is 0. The third-order valence-corrected chi connectivity index (χ3v) is 5.72. The summed E-state index contributed by atoms with van der Waals surface area (Å²) in [5.74, 6) is 2.18. The van der Waals surface area contributed by atoms with Crippen LogP contribution in [-0.2, 0) is 4.79 Å². The lowest BCUT2D eigenvalue weighted by Gasteiger charge is -2.30. The second-order valence-electron chi connectivity index (χ2n) is 6.93. The predicted octanol–water partition coefficient (Wildman–Crippen LogP) is 4.87. The minimum Gasteiger partial charge on any atom is -0.481 e. The second kappa shape index (κ2) is 7.31. The van der Waals surface area contributed by atoms with Crippen molar-refractivity contribution in [3.63, 3.8) is 0 Å². The molecule has 0 saturated heterocycles. The molecule has 2 aliphatic carbocycles. The molecule has 2 fully saturated rings. The van der Waals surface area contributed by atoms with Crippen LogP contribution in [0, 0.1) is 23.7 Å². The molecule has 2 rings (SSSR count). The van der Waals surface area contributed by atoms with Gasteiger partial charge >= 0.3 is 5.97 Å². The van der Waals surface area contributed by atoms with Crippen molar-refractivity contribution in [1.82, 2.24) is 0 Å². The molecule has 0 aromatic rings. The molecule has 0 aliphatic heterocycles. The molecule has 0 unspecified atom stereocenters. The zero-order chi connectivity index (χ0) is 13.7. The quantitative estimate of drug-likeness (QED) is 0.770. The molecular formula is C17H30O2. The van der Waals surface area contributed by atoms with Gasteiger partial charge in [-0.2, -0.15) is 0 Å². The summed E-state index contributed by atoms with van der Waals surface area (Å²) in [5, 5.41) is 9.01. The molecule has 0 radical (unpaired) electrons. The van der Waals surface area contributed by atoms with Crippen LogP contribution in [0.15, 0.2) is 0 Å². The average molecular weight is 266 g/mol. The highest BCUT2D eigenvalue weighted by molar-refractivity contribution is 5.69. The normalized spacial score (nSPS) is 36.1. The van der Waals surface area contributed by atoms with Crippen molar-refractivity contribution in [3.05, 3.63) is 0 Å². The van der Waals surface area contributed by atoms with Crippen molar-refractivity contribution < 1.29 is 9.90 Å².